The minimum atomic E-state index is -0.0829. The average molecular weight is 441 g/mol. The van der Waals surface area contributed by atoms with Crippen LogP contribution in [0.25, 0.3) is 0 Å². The number of nitrogens with zero attached hydrogens (tertiary/aromatic N) is 3. The van der Waals surface area contributed by atoms with Crippen LogP contribution in [0.15, 0.2) is 41.6 Å². The Labute approximate surface area is 187 Å². The predicted molar refractivity (Wildman–Crippen MR) is 123 cm³/mol. The third-order valence-corrected chi connectivity index (χ3v) is 5.91. The molecule has 1 N–H and O–H groups in total. The highest BCUT2D eigenvalue weighted by Gasteiger charge is 2.14. The summed E-state index contributed by atoms with van der Waals surface area (Å²) in [6.07, 6.45) is 0. The first-order valence-electron chi connectivity index (χ1n) is 10.1. The lowest BCUT2D eigenvalue weighted by Crippen LogP contribution is -2.15. The van der Waals surface area contributed by atoms with Crippen molar-refractivity contribution in [2.24, 2.45) is 7.05 Å². The molecule has 0 aliphatic carbocycles. The molecule has 0 bridgehead atoms. The molecule has 164 valence electrons. The van der Waals surface area contributed by atoms with Gasteiger partial charge >= 0.3 is 0 Å². The molecular weight excluding hydrogens is 412 g/mol. The Morgan fingerprint density at radius 1 is 1.10 bits per heavy atom. The lowest BCUT2D eigenvalue weighted by atomic mass is 10.1. The number of benzene rings is 2. The molecular formula is C23H28N4O3S. The number of hydrogen-bond acceptors (Lipinski definition) is 6. The molecule has 3 rings (SSSR count). The van der Waals surface area contributed by atoms with Gasteiger partial charge in [0.05, 0.1) is 12.4 Å². The number of carbonyl (C=O) groups is 1. The zero-order valence-corrected chi connectivity index (χ0v) is 19.4. The molecule has 1 amide bonds. The van der Waals surface area contributed by atoms with Gasteiger partial charge in [-0.3, -0.25) is 4.79 Å². The molecule has 0 radical (unpaired) electrons. The van der Waals surface area contributed by atoms with E-state index < -0.39 is 0 Å². The summed E-state index contributed by atoms with van der Waals surface area (Å²) in [7, 11) is 1.86. The summed E-state index contributed by atoms with van der Waals surface area (Å²) in [5.41, 5.74) is 4.15. The van der Waals surface area contributed by atoms with E-state index in [1.165, 1.54) is 11.8 Å². The maximum Gasteiger partial charge on any atom is 0.234 e. The highest BCUT2D eigenvalue weighted by atomic mass is 32.2. The van der Waals surface area contributed by atoms with Crippen molar-refractivity contribution >= 4 is 23.4 Å². The first-order chi connectivity index (χ1) is 14.9. The lowest BCUT2D eigenvalue weighted by molar-refractivity contribution is -0.113. The number of thioether (sulfide) groups is 1. The Morgan fingerprint density at radius 2 is 1.90 bits per heavy atom. The normalized spacial score (nSPS) is 10.7. The van der Waals surface area contributed by atoms with Crippen LogP contribution in [0.5, 0.6) is 11.5 Å². The van der Waals surface area contributed by atoms with E-state index in [1.807, 2.05) is 75.7 Å². The zero-order valence-electron chi connectivity index (χ0n) is 18.6. The van der Waals surface area contributed by atoms with Gasteiger partial charge in [0.25, 0.3) is 0 Å². The summed E-state index contributed by atoms with van der Waals surface area (Å²) in [6, 6.07) is 11.7. The van der Waals surface area contributed by atoms with Crippen molar-refractivity contribution in [3.8, 4) is 11.5 Å². The fourth-order valence-electron chi connectivity index (χ4n) is 2.94. The van der Waals surface area contributed by atoms with E-state index in [4.69, 9.17) is 9.47 Å². The molecule has 7 nitrogen and oxygen atoms in total. The molecule has 0 saturated heterocycles. The first-order valence-corrected chi connectivity index (χ1v) is 11.1. The third-order valence-electron chi connectivity index (χ3n) is 4.89. The van der Waals surface area contributed by atoms with Gasteiger partial charge in [0, 0.05) is 12.7 Å². The molecule has 0 spiro atoms. The summed E-state index contributed by atoms with van der Waals surface area (Å²) in [4.78, 5) is 12.4. The molecule has 31 heavy (non-hydrogen) atoms. The largest absolute Gasteiger partial charge is 0.490 e. The fraction of sp³-hybridized carbons (Fsp3) is 0.348. The van der Waals surface area contributed by atoms with Gasteiger partial charge in [-0.2, -0.15) is 0 Å². The molecule has 3 aromatic rings. The van der Waals surface area contributed by atoms with Crippen molar-refractivity contribution in [1.82, 2.24) is 14.8 Å². The number of amides is 1. The number of carbonyl (C=O) groups excluding carboxylic acids is 1. The molecule has 8 heteroatoms. The Bertz CT molecular complexity index is 1060. The molecule has 0 aliphatic heterocycles. The summed E-state index contributed by atoms with van der Waals surface area (Å²) >= 11 is 1.34. The third kappa shape index (κ3) is 5.79. The Kier molecular flexibility index (Phi) is 7.57. The van der Waals surface area contributed by atoms with Gasteiger partial charge in [0.15, 0.2) is 22.5 Å². The van der Waals surface area contributed by atoms with Crippen LogP contribution in [0.3, 0.4) is 0 Å². The number of ether oxygens (including phenoxy) is 2. The Morgan fingerprint density at radius 3 is 2.68 bits per heavy atom. The smallest absolute Gasteiger partial charge is 0.234 e. The second-order valence-corrected chi connectivity index (χ2v) is 8.16. The zero-order chi connectivity index (χ0) is 22.4. The number of hydrogen-bond donors (Lipinski definition) is 1. The Balaban J connectivity index is 1.58. The van der Waals surface area contributed by atoms with Crippen LogP contribution in [-0.4, -0.2) is 33.0 Å². The minimum absolute atomic E-state index is 0.0829. The highest BCUT2D eigenvalue weighted by Crippen LogP contribution is 2.29. The molecule has 0 saturated carbocycles. The van der Waals surface area contributed by atoms with E-state index >= 15 is 0 Å². The number of aryl methyl sites for hydroxylation is 2. The molecule has 1 aromatic heterocycles. The van der Waals surface area contributed by atoms with Crippen molar-refractivity contribution in [3.63, 3.8) is 0 Å². The topological polar surface area (TPSA) is 78.3 Å². The lowest BCUT2D eigenvalue weighted by Gasteiger charge is -2.12. The first kappa shape index (κ1) is 22.7. The van der Waals surface area contributed by atoms with Crippen LogP contribution >= 0.6 is 11.8 Å². The van der Waals surface area contributed by atoms with E-state index in [1.54, 1.807) is 0 Å². The van der Waals surface area contributed by atoms with Crippen LogP contribution < -0.4 is 14.8 Å². The van der Waals surface area contributed by atoms with Crippen molar-refractivity contribution < 1.29 is 14.3 Å². The average Bonchev–Trinajstić information content (AvgIpc) is 3.09. The summed E-state index contributed by atoms with van der Waals surface area (Å²) < 4.78 is 13.4. The summed E-state index contributed by atoms with van der Waals surface area (Å²) in [5, 5.41) is 12.0. The van der Waals surface area contributed by atoms with Crippen molar-refractivity contribution in [2.45, 2.75) is 39.5 Å². The van der Waals surface area contributed by atoms with Crippen molar-refractivity contribution in [3.05, 3.63) is 58.9 Å². The van der Waals surface area contributed by atoms with Gasteiger partial charge in [0.2, 0.25) is 5.91 Å². The van der Waals surface area contributed by atoms with E-state index in [0.29, 0.717) is 29.1 Å². The second kappa shape index (κ2) is 10.3. The molecule has 2 aromatic carbocycles. The minimum Gasteiger partial charge on any atom is -0.490 e. The van der Waals surface area contributed by atoms with Gasteiger partial charge in [-0.05, 0) is 62.6 Å². The SMILES string of the molecule is CCOc1cc(C)ccc1OCc1nnc(SCC(=O)Nc2cccc(C)c2C)n1C. The van der Waals surface area contributed by atoms with Crippen LogP contribution in [0, 0.1) is 20.8 Å². The Hall–Kier alpha value is -3.00. The molecule has 1 heterocycles. The van der Waals surface area contributed by atoms with Crippen LogP contribution in [0.2, 0.25) is 0 Å². The standard InChI is InChI=1S/C23H28N4O3S/c1-6-29-20-12-15(2)10-11-19(20)30-13-21-25-26-23(27(21)5)31-14-22(28)24-18-9-7-8-16(3)17(18)4/h7-12H,6,13-14H2,1-5H3,(H,24,28). The van der Waals surface area contributed by atoms with Crippen LogP contribution in [0.4, 0.5) is 5.69 Å². The van der Waals surface area contributed by atoms with Gasteiger partial charge in [0.1, 0.15) is 6.61 Å². The fourth-order valence-corrected chi connectivity index (χ4v) is 3.67. The van der Waals surface area contributed by atoms with Crippen LogP contribution in [-0.2, 0) is 18.4 Å². The predicted octanol–water partition coefficient (Wildman–Crippen LogP) is 4.45. The summed E-state index contributed by atoms with van der Waals surface area (Å²) in [6.45, 7) is 8.79. The molecule has 0 atom stereocenters. The second-order valence-electron chi connectivity index (χ2n) is 7.21. The summed E-state index contributed by atoms with van der Waals surface area (Å²) in [5.74, 6) is 2.20. The van der Waals surface area contributed by atoms with Gasteiger partial charge < -0.3 is 19.4 Å². The maximum atomic E-state index is 12.4. The maximum absolute atomic E-state index is 12.4. The van der Waals surface area contributed by atoms with E-state index in [0.717, 1.165) is 22.4 Å². The van der Waals surface area contributed by atoms with E-state index in [9.17, 15) is 4.79 Å². The highest BCUT2D eigenvalue weighted by molar-refractivity contribution is 7.99. The quantitative estimate of drug-likeness (QED) is 0.495. The number of anilines is 1. The number of aromatic nitrogens is 3. The van der Waals surface area contributed by atoms with E-state index in [-0.39, 0.29) is 18.3 Å². The van der Waals surface area contributed by atoms with Crippen LogP contribution in [0.1, 0.15) is 29.4 Å². The van der Waals surface area contributed by atoms with Crippen molar-refractivity contribution in [2.75, 3.05) is 17.7 Å². The molecule has 0 aliphatic rings. The molecule has 0 fully saturated rings. The van der Waals surface area contributed by atoms with Gasteiger partial charge in [-0.1, -0.05) is 30.0 Å². The number of nitrogens with one attached hydrogen (secondary N) is 1. The van der Waals surface area contributed by atoms with Crippen molar-refractivity contribution in [1.29, 1.82) is 0 Å². The van der Waals surface area contributed by atoms with E-state index in [2.05, 4.69) is 15.5 Å². The number of rotatable bonds is 9. The van der Waals surface area contributed by atoms with Gasteiger partial charge in [-0.15, -0.1) is 10.2 Å². The molecule has 0 unspecified atom stereocenters. The monoisotopic (exact) mass is 440 g/mol. The van der Waals surface area contributed by atoms with Gasteiger partial charge in [-0.25, -0.2) is 0 Å².